The Bertz CT molecular complexity index is 530. The van der Waals surface area contributed by atoms with Crippen LogP contribution in [-0.2, 0) is 17.6 Å². The molecule has 3 N–H and O–H groups in total. The third-order valence-electron chi connectivity index (χ3n) is 3.45. The van der Waals surface area contributed by atoms with Crippen LogP contribution >= 0.6 is 35.3 Å². The molecule has 0 fully saturated rings. The Morgan fingerprint density at radius 3 is 2.54 bits per heavy atom. The van der Waals surface area contributed by atoms with E-state index in [1.807, 2.05) is 27.0 Å². The summed E-state index contributed by atoms with van der Waals surface area (Å²) in [5.41, 5.74) is -0.487. The van der Waals surface area contributed by atoms with Gasteiger partial charge in [0.15, 0.2) is 5.96 Å². The molecule has 0 aliphatic rings. The van der Waals surface area contributed by atoms with Crippen LogP contribution in [0.15, 0.2) is 11.2 Å². The van der Waals surface area contributed by atoms with Crippen molar-refractivity contribution in [3.05, 3.63) is 16.1 Å². The van der Waals surface area contributed by atoms with Gasteiger partial charge in [-0.1, -0.05) is 6.92 Å². The molecule has 0 aromatic carbocycles. The molecule has 1 rings (SSSR count). The van der Waals surface area contributed by atoms with Gasteiger partial charge >= 0.3 is 0 Å². The quantitative estimate of drug-likeness (QED) is 0.311. The molecule has 0 aliphatic heterocycles. The number of aliphatic imine (C=N–C) groups is 1. The van der Waals surface area contributed by atoms with Gasteiger partial charge in [-0.3, -0.25) is 9.79 Å². The molecule has 1 aromatic heterocycles. The third-order valence-corrected chi connectivity index (χ3v) is 4.66. The minimum Gasteiger partial charge on any atom is -0.356 e. The van der Waals surface area contributed by atoms with Gasteiger partial charge in [0, 0.05) is 44.2 Å². The van der Waals surface area contributed by atoms with E-state index in [2.05, 4.69) is 32.9 Å². The van der Waals surface area contributed by atoms with Gasteiger partial charge in [0.25, 0.3) is 0 Å². The standard InChI is InChI=1S/C16H29N5OS.HI/c1-6-12-10-20-13(23-12)8-9-19-15(17-5)21-11-16(3,4)14(22)18-7-2;/h10H,6-9,11H2,1-5H3,(H,18,22)(H2,17,19,21);1H. The molecule has 0 unspecified atom stereocenters. The second-order valence-corrected chi connectivity index (χ2v) is 7.12. The maximum absolute atomic E-state index is 12.0. The molecule has 0 saturated carbocycles. The van der Waals surface area contributed by atoms with Crippen LogP contribution in [0.5, 0.6) is 0 Å². The van der Waals surface area contributed by atoms with Gasteiger partial charge in [0.05, 0.1) is 10.4 Å². The molecule has 0 aliphatic carbocycles. The molecule has 1 heterocycles. The van der Waals surface area contributed by atoms with Crippen LogP contribution in [0.3, 0.4) is 0 Å². The Kier molecular flexibility index (Phi) is 11.2. The summed E-state index contributed by atoms with van der Waals surface area (Å²) >= 11 is 1.75. The van der Waals surface area contributed by atoms with Crippen LogP contribution in [0.25, 0.3) is 0 Å². The number of aromatic nitrogens is 1. The average molecular weight is 467 g/mol. The van der Waals surface area contributed by atoms with Gasteiger partial charge in [-0.05, 0) is 27.2 Å². The number of nitrogens with zero attached hydrogens (tertiary/aromatic N) is 2. The Morgan fingerprint density at radius 2 is 2.00 bits per heavy atom. The monoisotopic (exact) mass is 467 g/mol. The van der Waals surface area contributed by atoms with Crippen molar-refractivity contribution in [3.8, 4) is 0 Å². The molecular weight excluding hydrogens is 437 g/mol. The molecule has 0 saturated heterocycles. The van der Waals surface area contributed by atoms with Gasteiger partial charge in [-0.15, -0.1) is 35.3 Å². The highest BCUT2D eigenvalue weighted by Crippen LogP contribution is 2.14. The lowest BCUT2D eigenvalue weighted by molar-refractivity contribution is -0.128. The second-order valence-electron chi connectivity index (χ2n) is 5.92. The summed E-state index contributed by atoms with van der Waals surface area (Å²) in [6.07, 6.45) is 3.84. The Morgan fingerprint density at radius 1 is 1.29 bits per heavy atom. The smallest absolute Gasteiger partial charge is 0.227 e. The predicted octanol–water partition coefficient (Wildman–Crippen LogP) is 2.19. The van der Waals surface area contributed by atoms with Crippen molar-refractivity contribution in [2.24, 2.45) is 10.4 Å². The van der Waals surface area contributed by atoms with E-state index in [0.29, 0.717) is 19.0 Å². The van der Waals surface area contributed by atoms with Gasteiger partial charge in [0.1, 0.15) is 0 Å². The zero-order valence-electron chi connectivity index (χ0n) is 15.2. The van der Waals surface area contributed by atoms with Crippen molar-refractivity contribution in [2.45, 2.75) is 40.5 Å². The number of guanidine groups is 1. The van der Waals surface area contributed by atoms with Crippen molar-refractivity contribution < 1.29 is 4.79 Å². The molecule has 8 heteroatoms. The Hall–Kier alpha value is -0.900. The summed E-state index contributed by atoms with van der Waals surface area (Å²) in [5.74, 6) is 0.743. The molecule has 6 nitrogen and oxygen atoms in total. The van der Waals surface area contributed by atoms with Gasteiger partial charge in [0.2, 0.25) is 5.91 Å². The van der Waals surface area contributed by atoms with Crippen molar-refractivity contribution in [2.75, 3.05) is 26.7 Å². The van der Waals surface area contributed by atoms with Gasteiger partial charge < -0.3 is 16.0 Å². The van der Waals surface area contributed by atoms with E-state index in [0.717, 1.165) is 24.4 Å². The molecule has 138 valence electrons. The number of nitrogens with one attached hydrogen (secondary N) is 3. The van der Waals surface area contributed by atoms with E-state index in [4.69, 9.17) is 0 Å². The van der Waals surface area contributed by atoms with Crippen molar-refractivity contribution in [1.82, 2.24) is 20.9 Å². The number of carbonyl (C=O) groups is 1. The van der Waals surface area contributed by atoms with Crippen molar-refractivity contribution in [3.63, 3.8) is 0 Å². The molecule has 1 aromatic rings. The van der Waals surface area contributed by atoms with E-state index in [1.165, 1.54) is 4.88 Å². The molecule has 0 bridgehead atoms. The Balaban J connectivity index is 0.00000529. The van der Waals surface area contributed by atoms with Crippen LogP contribution in [0, 0.1) is 5.41 Å². The first kappa shape index (κ1) is 23.1. The zero-order chi connectivity index (χ0) is 17.3. The number of hydrogen-bond donors (Lipinski definition) is 3. The number of amides is 1. The maximum Gasteiger partial charge on any atom is 0.227 e. The summed E-state index contributed by atoms with van der Waals surface area (Å²) in [6, 6.07) is 0. The summed E-state index contributed by atoms with van der Waals surface area (Å²) < 4.78 is 0. The van der Waals surface area contributed by atoms with Crippen molar-refractivity contribution in [1.29, 1.82) is 0 Å². The number of rotatable bonds is 8. The lowest BCUT2D eigenvalue weighted by Gasteiger charge is -2.24. The maximum atomic E-state index is 12.0. The number of carbonyl (C=O) groups excluding carboxylic acids is 1. The highest BCUT2D eigenvalue weighted by Gasteiger charge is 2.27. The van der Waals surface area contributed by atoms with E-state index in [9.17, 15) is 4.79 Å². The molecule has 0 spiro atoms. The Labute approximate surface area is 166 Å². The third kappa shape index (κ3) is 7.78. The summed E-state index contributed by atoms with van der Waals surface area (Å²) in [4.78, 5) is 21.9. The minimum absolute atomic E-state index is 0. The van der Waals surface area contributed by atoms with Gasteiger partial charge in [-0.2, -0.15) is 0 Å². The lowest BCUT2D eigenvalue weighted by Crippen LogP contribution is -2.48. The SMILES string of the molecule is CCNC(=O)C(C)(C)CNC(=NC)NCCc1ncc(CC)s1.I. The minimum atomic E-state index is -0.487. The largest absolute Gasteiger partial charge is 0.356 e. The summed E-state index contributed by atoms with van der Waals surface area (Å²) in [5, 5.41) is 10.5. The van der Waals surface area contributed by atoms with E-state index < -0.39 is 5.41 Å². The second kappa shape index (κ2) is 11.6. The first-order chi connectivity index (χ1) is 10.9. The molecule has 24 heavy (non-hydrogen) atoms. The summed E-state index contributed by atoms with van der Waals surface area (Å²) in [7, 11) is 1.73. The first-order valence-electron chi connectivity index (χ1n) is 8.09. The normalized spacial score (nSPS) is 11.6. The topological polar surface area (TPSA) is 78.4 Å². The number of halogens is 1. The van der Waals surface area contributed by atoms with E-state index in [1.54, 1.807) is 18.4 Å². The number of aryl methyl sites for hydroxylation is 1. The van der Waals surface area contributed by atoms with Crippen molar-refractivity contribution >= 4 is 47.2 Å². The fourth-order valence-electron chi connectivity index (χ4n) is 1.92. The van der Waals surface area contributed by atoms with Gasteiger partial charge in [-0.25, -0.2) is 4.98 Å². The first-order valence-corrected chi connectivity index (χ1v) is 8.91. The van der Waals surface area contributed by atoms with Crippen LogP contribution < -0.4 is 16.0 Å². The van der Waals surface area contributed by atoms with Crippen LogP contribution in [-0.4, -0.2) is 43.5 Å². The fourth-order valence-corrected chi connectivity index (χ4v) is 2.78. The lowest BCUT2D eigenvalue weighted by atomic mass is 9.92. The molecule has 0 atom stereocenters. The van der Waals surface area contributed by atoms with Crippen LogP contribution in [0.4, 0.5) is 0 Å². The molecule has 1 amide bonds. The van der Waals surface area contributed by atoms with E-state index >= 15 is 0 Å². The van der Waals surface area contributed by atoms with Crippen LogP contribution in [0.1, 0.15) is 37.6 Å². The summed E-state index contributed by atoms with van der Waals surface area (Å²) in [6.45, 7) is 9.82. The predicted molar refractivity (Wildman–Crippen MR) is 112 cm³/mol. The molecular formula is C16H30IN5OS. The average Bonchev–Trinajstić information content (AvgIpc) is 2.98. The number of thiazole rings is 1. The number of hydrogen-bond acceptors (Lipinski definition) is 4. The zero-order valence-corrected chi connectivity index (χ0v) is 18.4. The molecule has 0 radical (unpaired) electrons. The van der Waals surface area contributed by atoms with Crippen LogP contribution in [0.2, 0.25) is 0 Å². The fraction of sp³-hybridized carbons (Fsp3) is 0.688. The highest BCUT2D eigenvalue weighted by atomic mass is 127. The van der Waals surface area contributed by atoms with E-state index in [-0.39, 0.29) is 29.9 Å². The highest BCUT2D eigenvalue weighted by molar-refractivity contribution is 14.0.